The predicted octanol–water partition coefficient (Wildman–Crippen LogP) is 2.20. The Labute approximate surface area is 116 Å². The van der Waals surface area contributed by atoms with E-state index in [0.29, 0.717) is 25.3 Å². The van der Waals surface area contributed by atoms with Crippen LogP contribution in [0.15, 0.2) is 18.2 Å². The summed E-state index contributed by atoms with van der Waals surface area (Å²) >= 11 is 0. The van der Waals surface area contributed by atoms with Gasteiger partial charge in [-0.3, -0.25) is 9.69 Å². The smallest absolute Gasteiger partial charge is 0.305 e. The minimum absolute atomic E-state index is 0.0337. The largest absolute Gasteiger partial charge is 0.481 e. The number of morpholine rings is 1. The first-order valence-corrected chi connectivity index (χ1v) is 6.49. The Balaban J connectivity index is 2.17. The Morgan fingerprint density at radius 3 is 2.90 bits per heavy atom. The van der Waals surface area contributed by atoms with Gasteiger partial charge in [-0.05, 0) is 24.6 Å². The number of aliphatic carboxylic acids is 1. The molecule has 2 rings (SSSR count). The van der Waals surface area contributed by atoms with Crippen molar-refractivity contribution >= 4 is 5.97 Å². The van der Waals surface area contributed by atoms with Crippen LogP contribution in [0.4, 0.5) is 8.78 Å². The van der Waals surface area contributed by atoms with Gasteiger partial charge in [-0.2, -0.15) is 0 Å². The first-order valence-electron chi connectivity index (χ1n) is 6.49. The molecule has 2 unspecified atom stereocenters. The molecule has 0 spiro atoms. The fourth-order valence-corrected chi connectivity index (χ4v) is 2.52. The minimum atomic E-state index is -0.900. The summed E-state index contributed by atoms with van der Waals surface area (Å²) in [6, 6.07) is 3.32. The summed E-state index contributed by atoms with van der Waals surface area (Å²) in [4.78, 5) is 12.8. The van der Waals surface area contributed by atoms with E-state index in [1.165, 1.54) is 6.07 Å². The highest BCUT2D eigenvalue weighted by Gasteiger charge is 2.29. The Hall–Kier alpha value is -1.53. The van der Waals surface area contributed by atoms with Gasteiger partial charge in [0.2, 0.25) is 0 Å². The molecule has 0 amide bonds. The number of nitrogens with zero attached hydrogens (tertiary/aromatic N) is 1. The molecule has 2 atom stereocenters. The summed E-state index contributed by atoms with van der Waals surface area (Å²) in [5, 5.41) is 8.92. The van der Waals surface area contributed by atoms with Gasteiger partial charge in [-0.25, -0.2) is 8.78 Å². The third kappa shape index (κ3) is 3.32. The van der Waals surface area contributed by atoms with E-state index < -0.39 is 17.6 Å². The number of ether oxygens (including phenoxy) is 1. The zero-order chi connectivity index (χ0) is 14.7. The lowest BCUT2D eigenvalue weighted by Crippen LogP contribution is -2.47. The molecule has 0 bridgehead atoms. The minimum Gasteiger partial charge on any atom is -0.481 e. The van der Waals surface area contributed by atoms with Gasteiger partial charge in [0, 0.05) is 18.6 Å². The van der Waals surface area contributed by atoms with Crippen molar-refractivity contribution in [3.63, 3.8) is 0 Å². The first-order chi connectivity index (χ1) is 9.49. The van der Waals surface area contributed by atoms with E-state index in [9.17, 15) is 13.6 Å². The van der Waals surface area contributed by atoms with Gasteiger partial charge in [0.25, 0.3) is 0 Å². The summed E-state index contributed by atoms with van der Waals surface area (Å²) in [6.45, 7) is 3.26. The second-order valence-electron chi connectivity index (χ2n) is 4.91. The molecule has 0 saturated carbocycles. The zero-order valence-corrected chi connectivity index (χ0v) is 11.2. The summed E-state index contributed by atoms with van der Waals surface area (Å²) < 4.78 is 31.6. The monoisotopic (exact) mass is 285 g/mol. The number of carboxylic acid groups (broad SMARTS) is 1. The van der Waals surface area contributed by atoms with Crippen LogP contribution < -0.4 is 0 Å². The van der Waals surface area contributed by atoms with Gasteiger partial charge in [0.15, 0.2) is 11.6 Å². The van der Waals surface area contributed by atoms with Crippen molar-refractivity contribution in [2.75, 3.05) is 19.8 Å². The van der Waals surface area contributed by atoms with Gasteiger partial charge in [-0.15, -0.1) is 0 Å². The number of benzene rings is 1. The molecule has 4 nitrogen and oxygen atoms in total. The predicted molar refractivity (Wildman–Crippen MR) is 68.3 cm³/mol. The van der Waals surface area contributed by atoms with Crippen molar-refractivity contribution in [3.05, 3.63) is 35.4 Å². The van der Waals surface area contributed by atoms with Crippen LogP contribution >= 0.6 is 0 Å². The molecule has 20 heavy (non-hydrogen) atoms. The maximum Gasteiger partial charge on any atom is 0.305 e. The quantitative estimate of drug-likeness (QED) is 0.921. The molecule has 0 aromatic heterocycles. The van der Waals surface area contributed by atoms with E-state index in [0.717, 1.165) is 12.1 Å². The van der Waals surface area contributed by atoms with Crippen molar-refractivity contribution in [1.29, 1.82) is 0 Å². The first kappa shape index (κ1) is 14.9. The zero-order valence-electron chi connectivity index (χ0n) is 11.2. The highest BCUT2D eigenvalue weighted by Crippen LogP contribution is 2.26. The summed E-state index contributed by atoms with van der Waals surface area (Å²) in [5.41, 5.74) is 0.626. The molecule has 1 saturated heterocycles. The molecule has 0 radical (unpaired) electrons. The van der Waals surface area contributed by atoms with E-state index in [4.69, 9.17) is 9.84 Å². The fourth-order valence-electron chi connectivity index (χ4n) is 2.52. The standard InChI is InChI=1S/C14H17F2NO3/c1-9(10-2-3-12(15)13(16)6-10)17-4-5-20-8-11(17)7-14(18)19/h2-3,6,9,11H,4-5,7-8H2,1H3,(H,18,19). The molecule has 6 heteroatoms. The molecule has 1 aromatic rings. The molecule has 1 heterocycles. The van der Waals surface area contributed by atoms with E-state index >= 15 is 0 Å². The van der Waals surface area contributed by atoms with Crippen molar-refractivity contribution in [2.45, 2.75) is 25.4 Å². The van der Waals surface area contributed by atoms with Crippen LogP contribution in [0.25, 0.3) is 0 Å². The Kier molecular flexibility index (Phi) is 4.67. The van der Waals surface area contributed by atoms with Gasteiger partial charge < -0.3 is 9.84 Å². The molecular weight excluding hydrogens is 268 g/mol. The van der Waals surface area contributed by atoms with Crippen LogP contribution in [-0.2, 0) is 9.53 Å². The average molecular weight is 285 g/mol. The number of carboxylic acids is 1. The van der Waals surface area contributed by atoms with E-state index in [-0.39, 0.29) is 18.5 Å². The molecule has 1 aromatic carbocycles. The summed E-state index contributed by atoms with van der Waals surface area (Å²) in [6.07, 6.45) is -0.0337. The van der Waals surface area contributed by atoms with Crippen LogP contribution in [0.5, 0.6) is 0 Å². The maximum atomic E-state index is 13.3. The average Bonchev–Trinajstić information content (AvgIpc) is 2.41. The van der Waals surface area contributed by atoms with Crippen LogP contribution in [0.1, 0.15) is 24.9 Å². The molecule has 110 valence electrons. The molecular formula is C14H17F2NO3. The van der Waals surface area contributed by atoms with Gasteiger partial charge in [0.05, 0.1) is 19.6 Å². The molecule has 1 aliphatic heterocycles. The van der Waals surface area contributed by atoms with Crippen LogP contribution in [-0.4, -0.2) is 41.8 Å². The molecule has 0 aliphatic carbocycles. The van der Waals surface area contributed by atoms with Gasteiger partial charge in [-0.1, -0.05) is 6.07 Å². The lowest BCUT2D eigenvalue weighted by molar-refractivity contribution is -0.140. The highest BCUT2D eigenvalue weighted by atomic mass is 19.2. The molecule has 1 N–H and O–H groups in total. The van der Waals surface area contributed by atoms with Crippen molar-refractivity contribution in [1.82, 2.24) is 4.90 Å². The Morgan fingerprint density at radius 1 is 1.50 bits per heavy atom. The van der Waals surface area contributed by atoms with E-state index in [1.807, 2.05) is 11.8 Å². The number of halogens is 2. The fraction of sp³-hybridized carbons (Fsp3) is 0.500. The van der Waals surface area contributed by atoms with Crippen LogP contribution in [0.2, 0.25) is 0 Å². The normalized spacial score (nSPS) is 21.6. The number of rotatable bonds is 4. The SMILES string of the molecule is CC(c1ccc(F)c(F)c1)N1CCOCC1CC(=O)O. The lowest BCUT2D eigenvalue weighted by atomic mass is 10.0. The number of hydrogen-bond donors (Lipinski definition) is 1. The highest BCUT2D eigenvalue weighted by molar-refractivity contribution is 5.67. The van der Waals surface area contributed by atoms with Gasteiger partial charge in [0.1, 0.15) is 0 Å². The third-order valence-corrected chi connectivity index (χ3v) is 3.61. The third-order valence-electron chi connectivity index (χ3n) is 3.61. The van der Waals surface area contributed by atoms with E-state index in [1.54, 1.807) is 0 Å². The van der Waals surface area contributed by atoms with Crippen molar-refractivity contribution in [3.8, 4) is 0 Å². The van der Waals surface area contributed by atoms with Crippen LogP contribution in [0.3, 0.4) is 0 Å². The molecule has 1 fully saturated rings. The number of hydrogen-bond acceptors (Lipinski definition) is 3. The van der Waals surface area contributed by atoms with Crippen molar-refractivity contribution in [2.24, 2.45) is 0 Å². The van der Waals surface area contributed by atoms with E-state index in [2.05, 4.69) is 0 Å². The van der Waals surface area contributed by atoms with Gasteiger partial charge >= 0.3 is 5.97 Å². The molecule has 1 aliphatic rings. The summed E-state index contributed by atoms with van der Waals surface area (Å²) in [7, 11) is 0. The summed E-state index contributed by atoms with van der Waals surface area (Å²) in [5.74, 6) is -2.68. The maximum absolute atomic E-state index is 13.3. The number of carbonyl (C=O) groups is 1. The lowest BCUT2D eigenvalue weighted by Gasteiger charge is -2.39. The second-order valence-corrected chi connectivity index (χ2v) is 4.91. The Morgan fingerprint density at radius 2 is 2.25 bits per heavy atom. The second kappa shape index (κ2) is 6.28. The van der Waals surface area contributed by atoms with Crippen molar-refractivity contribution < 1.29 is 23.4 Å². The topological polar surface area (TPSA) is 49.8 Å². The Bertz CT molecular complexity index is 495. The van der Waals surface area contributed by atoms with Crippen LogP contribution in [0, 0.1) is 11.6 Å².